The highest BCUT2D eigenvalue weighted by Crippen LogP contribution is 2.30. The molecular weight excluding hydrogens is 372 g/mol. The predicted octanol–water partition coefficient (Wildman–Crippen LogP) is 3.09. The fourth-order valence-corrected chi connectivity index (χ4v) is 3.37. The van der Waals surface area contributed by atoms with E-state index in [1.165, 1.54) is 0 Å². The molecule has 1 unspecified atom stereocenters. The van der Waals surface area contributed by atoms with Crippen LogP contribution in [0.15, 0.2) is 42.5 Å². The first-order valence-corrected chi connectivity index (χ1v) is 10.1. The van der Waals surface area contributed by atoms with Crippen LogP contribution in [0.3, 0.4) is 0 Å². The largest absolute Gasteiger partial charge is 0.486 e. The Balaban J connectivity index is 1.14. The lowest BCUT2D eigenvalue weighted by Crippen LogP contribution is -2.38. The average Bonchev–Trinajstić information content (AvgIpc) is 2.98. The van der Waals surface area contributed by atoms with E-state index >= 15 is 0 Å². The van der Waals surface area contributed by atoms with Crippen LogP contribution in [0.2, 0.25) is 0 Å². The van der Waals surface area contributed by atoms with Gasteiger partial charge in [0.2, 0.25) is 5.91 Å². The minimum absolute atomic E-state index is 0.0209. The summed E-state index contributed by atoms with van der Waals surface area (Å²) in [4.78, 5) is 22.6. The lowest BCUT2D eigenvalue weighted by atomic mass is 10.1. The highest BCUT2D eigenvalue weighted by Gasteiger charge is 2.20. The molecule has 2 aliphatic rings. The van der Waals surface area contributed by atoms with Crippen molar-refractivity contribution in [3.8, 4) is 17.2 Å². The summed E-state index contributed by atoms with van der Waals surface area (Å²) in [5, 5.41) is 6.25. The van der Waals surface area contributed by atoms with Gasteiger partial charge in [0.25, 0.3) is 0 Å². The van der Waals surface area contributed by atoms with E-state index in [0.29, 0.717) is 31.9 Å². The molecule has 0 radical (unpaired) electrons. The number of hydrogen-bond acceptors (Lipinski definition) is 6. The highest BCUT2D eigenvalue weighted by atomic mass is 17.2. The van der Waals surface area contributed by atoms with Gasteiger partial charge in [-0.05, 0) is 49.6 Å². The van der Waals surface area contributed by atoms with Gasteiger partial charge in [-0.25, -0.2) is 0 Å². The van der Waals surface area contributed by atoms with Crippen molar-refractivity contribution in [1.82, 2.24) is 5.32 Å². The molecule has 0 bridgehead atoms. The van der Waals surface area contributed by atoms with Gasteiger partial charge in [-0.1, -0.05) is 18.2 Å². The van der Waals surface area contributed by atoms with Crippen LogP contribution in [0.1, 0.15) is 24.8 Å². The Morgan fingerprint density at radius 1 is 1.10 bits per heavy atom. The van der Waals surface area contributed by atoms with Gasteiger partial charge in [-0.15, -0.1) is 0 Å². The maximum Gasteiger partial charge on any atom is 0.224 e. The first kappa shape index (κ1) is 19.5. The number of anilines is 1. The molecule has 0 saturated carbocycles. The average molecular weight is 398 g/mol. The number of rotatable bonds is 7. The quantitative estimate of drug-likeness (QED) is 0.551. The number of para-hydroxylation sites is 2. The second kappa shape index (κ2) is 9.62. The van der Waals surface area contributed by atoms with Gasteiger partial charge in [0.1, 0.15) is 12.7 Å². The van der Waals surface area contributed by atoms with E-state index in [2.05, 4.69) is 10.6 Å². The molecule has 7 nitrogen and oxygen atoms in total. The molecule has 1 amide bonds. The molecule has 0 aliphatic carbocycles. The Labute approximate surface area is 170 Å². The number of amides is 1. The van der Waals surface area contributed by atoms with Crippen LogP contribution in [-0.2, 0) is 16.1 Å². The van der Waals surface area contributed by atoms with Crippen molar-refractivity contribution < 1.29 is 24.0 Å². The highest BCUT2D eigenvalue weighted by molar-refractivity contribution is 5.90. The maximum absolute atomic E-state index is 12.2. The Morgan fingerprint density at radius 2 is 2.00 bits per heavy atom. The third-order valence-corrected chi connectivity index (χ3v) is 4.87. The fourth-order valence-electron chi connectivity index (χ4n) is 3.37. The second-order valence-corrected chi connectivity index (χ2v) is 7.18. The summed E-state index contributed by atoms with van der Waals surface area (Å²) in [6, 6.07) is 13.4. The molecule has 2 aromatic rings. The second-order valence-electron chi connectivity index (χ2n) is 7.18. The molecular formula is C22H26N2O5. The van der Waals surface area contributed by atoms with Gasteiger partial charge >= 0.3 is 0 Å². The van der Waals surface area contributed by atoms with Gasteiger partial charge in [0.15, 0.2) is 17.2 Å². The first-order chi connectivity index (χ1) is 14.3. The zero-order valence-corrected chi connectivity index (χ0v) is 16.3. The third kappa shape index (κ3) is 5.40. The predicted molar refractivity (Wildman–Crippen MR) is 108 cm³/mol. The minimum Gasteiger partial charge on any atom is -0.486 e. The van der Waals surface area contributed by atoms with Gasteiger partial charge in [-0.2, -0.15) is 4.89 Å². The smallest absolute Gasteiger partial charge is 0.224 e. The molecule has 2 aromatic carbocycles. The van der Waals surface area contributed by atoms with Gasteiger partial charge in [0.05, 0.1) is 6.61 Å². The van der Waals surface area contributed by atoms with Crippen molar-refractivity contribution >= 4 is 11.6 Å². The molecule has 0 spiro atoms. The van der Waals surface area contributed by atoms with Crippen LogP contribution >= 0.6 is 0 Å². The van der Waals surface area contributed by atoms with E-state index in [4.69, 9.17) is 19.2 Å². The Morgan fingerprint density at radius 3 is 2.93 bits per heavy atom. The monoisotopic (exact) mass is 398 g/mol. The number of aryl methyl sites for hydroxylation is 1. The van der Waals surface area contributed by atoms with E-state index in [-0.39, 0.29) is 12.0 Å². The number of nitrogens with one attached hydrogen (secondary N) is 2. The van der Waals surface area contributed by atoms with Crippen molar-refractivity contribution in [3.63, 3.8) is 0 Å². The lowest BCUT2D eigenvalue weighted by molar-refractivity contribution is -0.203. The number of benzene rings is 2. The Bertz CT molecular complexity index is 842. The molecule has 4 rings (SSSR count). The molecule has 29 heavy (non-hydrogen) atoms. The number of ether oxygens (including phenoxy) is 2. The van der Waals surface area contributed by atoms with E-state index in [9.17, 15) is 4.79 Å². The lowest BCUT2D eigenvalue weighted by Gasteiger charge is -2.26. The molecule has 1 atom stereocenters. The van der Waals surface area contributed by atoms with E-state index < -0.39 is 0 Å². The van der Waals surface area contributed by atoms with Crippen LogP contribution in [0.25, 0.3) is 0 Å². The minimum atomic E-state index is -0.0273. The maximum atomic E-state index is 12.2. The SMILES string of the molecule is O=C(CCCNCC1COc2ccccc2O1)Nc1ccc2c(c1)OOCCC2. The Hall–Kier alpha value is -2.77. The van der Waals surface area contributed by atoms with E-state index in [0.717, 1.165) is 48.6 Å². The van der Waals surface area contributed by atoms with Crippen molar-refractivity contribution in [2.45, 2.75) is 31.8 Å². The topological polar surface area (TPSA) is 78.1 Å². The molecule has 0 saturated heterocycles. The fraction of sp³-hybridized carbons (Fsp3) is 0.409. The zero-order valence-electron chi connectivity index (χ0n) is 16.3. The molecule has 2 N–H and O–H groups in total. The van der Waals surface area contributed by atoms with Gasteiger partial charge in [-0.3, -0.25) is 4.79 Å². The standard InChI is InChI=1S/C22H26N2O5/c25-22(24-17-10-9-16-5-4-12-27-29-21(16)13-17)8-3-11-23-14-18-15-26-19-6-1-2-7-20(19)28-18/h1-2,6-7,9-10,13,18,23H,3-5,8,11-12,14-15H2,(H,24,25). The zero-order chi connectivity index (χ0) is 19.9. The van der Waals surface area contributed by atoms with Crippen molar-refractivity contribution in [2.24, 2.45) is 0 Å². The molecule has 154 valence electrons. The summed E-state index contributed by atoms with van der Waals surface area (Å²) in [6.45, 7) is 2.51. The van der Waals surface area contributed by atoms with Crippen molar-refractivity contribution in [3.05, 3.63) is 48.0 Å². The number of hydrogen-bond donors (Lipinski definition) is 2. The summed E-state index contributed by atoms with van der Waals surface area (Å²) in [7, 11) is 0. The summed E-state index contributed by atoms with van der Waals surface area (Å²) < 4.78 is 11.6. The summed E-state index contributed by atoms with van der Waals surface area (Å²) >= 11 is 0. The van der Waals surface area contributed by atoms with Crippen LogP contribution in [0, 0.1) is 0 Å². The summed E-state index contributed by atoms with van der Waals surface area (Å²) in [5.74, 6) is 2.22. The van der Waals surface area contributed by atoms with Crippen LogP contribution in [0.4, 0.5) is 5.69 Å². The molecule has 0 fully saturated rings. The van der Waals surface area contributed by atoms with Crippen LogP contribution < -0.4 is 25.0 Å². The molecule has 2 aliphatic heterocycles. The number of carbonyl (C=O) groups excluding carboxylic acids is 1. The van der Waals surface area contributed by atoms with E-state index in [1.54, 1.807) is 0 Å². The summed E-state index contributed by atoms with van der Waals surface area (Å²) in [5.41, 5.74) is 1.82. The van der Waals surface area contributed by atoms with Crippen LogP contribution in [-0.4, -0.2) is 38.3 Å². The third-order valence-electron chi connectivity index (χ3n) is 4.87. The molecule has 7 heteroatoms. The first-order valence-electron chi connectivity index (χ1n) is 10.1. The van der Waals surface area contributed by atoms with Crippen molar-refractivity contribution in [1.29, 1.82) is 0 Å². The molecule has 2 heterocycles. The number of fused-ring (bicyclic) bond motifs is 2. The van der Waals surface area contributed by atoms with Crippen molar-refractivity contribution in [2.75, 3.05) is 31.6 Å². The van der Waals surface area contributed by atoms with Gasteiger partial charge < -0.3 is 25.0 Å². The normalized spacial score (nSPS) is 17.6. The number of carbonyl (C=O) groups is 1. The Kier molecular flexibility index (Phi) is 6.49. The van der Waals surface area contributed by atoms with Gasteiger partial charge in [0, 0.05) is 24.7 Å². The van der Waals surface area contributed by atoms with Crippen LogP contribution in [0.5, 0.6) is 17.2 Å². The summed E-state index contributed by atoms with van der Waals surface area (Å²) in [6.07, 6.45) is 2.99. The molecule has 0 aromatic heterocycles. The van der Waals surface area contributed by atoms with E-state index in [1.807, 2.05) is 42.5 Å².